The molecular weight excluding hydrogens is 234 g/mol. The third-order valence-electron chi connectivity index (χ3n) is 2.59. The van der Waals surface area contributed by atoms with Gasteiger partial charge in [-0.05, 0) is 26.0 Å². The van der Waals surface area contributed by atoms with Crippen LogP contribution < -0.4 is 4.74 Å². The minimum absolute atomic E-state index is 0.464. The van der Waals surface area contributed by atoms with Crippen LogP contribution in [0, 0.1) is 0 Å². The minimum Gasteiger partial charge on any atom is -0.478 e. The Kier molecular flexibility index (Phi) is 2.98. The number of carbonyl (C=O) groups is 1. The summed E-state index contributed by atoms with van der Waals surface area (Å²) in [6, 6.07) is 5.09. The van der Waals surface area contributed by atoms with Gasteiger partial charge in [-0.25, -0.2) is 9.78 Å². The molecule has 1 N–H and O–H groups in total. The molecule has 5 heteroatoms. The van der Waals surface area contributed by atoms with Crippen LogP contribution in [0.15, 0.2) is 22.6 Å². The highest BCUT2D eigenvalue weighted by molar-refractivity contribution is 5.78. The van der Waals surface area contributed by atoms with E-state index < -0.39 is 11.6 Å². The highest BCUT2D eigenvalue weighted by Crippen LogP contribution is 2.24. The van der Waals surface area contributed by atoms with Gasteiger partial charge in [0.25, 0.3) is 0 Å². The number of aryl methyl sites for hydroxylation is 1. The van der Waals surface area contributed by atoms with Crippen molar-refractivity contribution in [3.8, 4) is 5.75 Å². The van der Waals surface area contributed by atoms with E-state index in [1.54, 1.807) is 18.2 Å². The maximum atomic E-state index is 11.0. The molecule has 5 nitrogen and oxygen atoms in total. The molecule has 0 fully saturated rings. The third kappa shape index (κ3) is 2.30. The smallest absolute Gasteiger partial charge is 0.347 e. The van der Waals surface area contributed by atoms with Crippen LogP contribution >= 0.6 is 0 Å². The Balaban J connectivity index is 2.32. The Labute approximate surface area is 104 Å². The fraction of sp³-hybridized carbons (Fsp3) is 0.385. The van der Waals surface area contributed by atoms with Gasteiger partial charge in [0.2, 0.25) is 0 Å². The molecule has 0 amide bonds. The maximum absolute atomic E-state index is 11.0. The first-order valence-corrected chi connectivity index (χ1v) is 5.74. The number of aliphatic carboxylic acids is 1. The molecule has 0 atom stereocenters. The molecule has 0 aliphatic carbocycles. The normalized spacial score (nSPS) is 11.7. The zero-order valence-electron chi connectivity index (χ0n) is 10.6. The summed E-state index contributed by atoms with van der Waals surface area (Å²) in [6.45, 7) is 4.95. The third-order valence-corrected chi connectivity index (χ3v) is 2.59. The summed E-state index contributed by atoms with van der Waals surface area (Å²) in [4.78, 5) is 15.3. The highest BCUT2D eigenvalue weighted by Gasteiger charge is 2.29. The van der Waals surface area contributed by atoms with Gasteiger partial charge < -0.3 is 14.3 Å². The summed E-state index contributed by atoms with van der Waals surface area (Å²) in [5, 5.41) is 9.00. The highest BCUT2D eigenvalue weighted by atomic mass is 16.5. The summed E-state index contributed by atoms with van der Waals surface area (Å²) in [5.41, 5.74) is 0.0724. The molecule has 1 heterocycles. The summed E-state index contributed by atoms with van der Waals surface area (Å²) in [7, 11) is 0. The number of aromatic nitrogens is 1. The van der Waals surface area contributed by atoms with E-state index in [0.29, 0.717) is 29.2 Å². The SMILES string of the molecule is CCc1nc2cc(OC(C)(C)C(=O)O)ccc2o1. The van der Waals surface area contributed by atoms with Crippen molar-refractivity contribution in [3.05, 3.63) is 24.1 Å². The average Bonchev–Trinajstić information content (AvgIpc) is 2.70. The molecule has 1 aromatic heterocycles. The molecule has 2 aromatic rings. The summed E-state index contributed by atoms with van der Waals surface area (Å²) in [5.74, 6) is 0.0995. The second kappa shape index (κ2) is 4.33. The number of oxazole rings is 1. The van der Waals surface area contributed by atoms with E-state index in [1.165, 1.54) is 13.8 Å². The Morgan fingerprint density at radius 1 is 1.50 bits per heavy atom. The predicted molar refractivity (Wildman–Crippen MR) is 65.7 cm³/mol. The van der Waals surface area contributed by atoms with Gasteiger partial charge in [0.1, 0.15) is 11.3 Å². The van der Waals surface area contributed by atoms with Crippen LogP contribution in [0.5, 0.6) is 5.75 Å². The van der Waals surface area contributed by atoms with Crippen LogP contribution in [0.2, 0.25) is 0 Å². The lowest BCUT2D eigenvalue weighted by Gasteiger charge is -2.21. The lowest BCUT2D eigenvalue weighted by atomic mass is 10.1. The van der Waals surface area contributed by atoms with Crippen LogP contribution in [-0.2, 0) is 11.2 Å². The zero-order chi connectivity index (χ0) is 13.3. The first-order chi connectivity index (χ1) is 8.42. The van der Waals surface area contributed by atoms with Crippen molar-refractivity contribution < 1.29 is 19.1 Å². The minimum atomic E-state index is -1.27. The number of rotatable bonds is 4. The number of nitrogens with zero attached hydrogens (tertiary/aromatic N) is 1. The van der Waals surface area contributed by atoms with Crippen LogP contribution in [-0.4, -0.2) is 21.7 Å². The van der Waals surface area contributed by atoms with Gasteiger partial charge in [0.15, 0.2) is 17.1 Å². The van der Waals surface area contributed by atoms with Crippen molar-refractivity contribution in [2.75, 3.05) is 0 Å². The molecule has 18 heavy (non-hydrogen) atoms. The summed E-state index contributed by atoms with van der Waals surface area (Å²) < 4.78 is 10.9. The number of carboxylic acids is 1. The van der Waals surface area contributed by atoms with E-state index in [0.717, 1.165) is 0 Å². The van der Waals surface area contributed by atoms with Gasteiger partial charge in [-0.2, -0.15) is 0 Å². The molecule has 0 unspecified atom stereocenters. The van der Waals surface area contributed by atoms with Crippen LogP contribution in [0.1, 0.15) is 26.7 Å². The van der Waals surface area contributed by atoms with Gasteiger partial charge in [0.05, 0.1) is 0 Å². The molecule has 96 valence electrons. The lowest BCUT2D eigenvalue weighted by molar-refractivity contribution is -0.152. The van der Waals surface area contributed by atoms with Crippen molar-refractivity contribution >= 4 is 17.1 Å². The molecule has 0 saturated heterocycles. The second-order valence-corrected chi connectivity index (χ2v) is 4.51. The number of ether oxygens (including phenoxy) is 1. The maximum Gasteiger partial charge on any atom is 0.347 e. The van der Waals surface area contributed by atoms with Gasteiger partial charge in [-0.15, -0.1) is 0 Å². The van der Waals surface area contributed by atoms with Gasteiger partial charge in [-0.3, -0.25) is 0 Å². The monoisotopic (exact) mass is 249 g/mol. The van der Waals surface area contributed by atoms with E-state index in [9.17, 15) is 4.79 Å². The van der Waals surface area contributed by atoms with Gasteiger partial charge in [0, 0.05) is 12.5 Å². The molecule has 0 saturated carbocycles. The quantitative estimate of drug-likeness (QED) is 0.901. The fourth-order valence-corrected chi connectivity index (χ4v) is 1.51. The first kappa shape index (κ1) is 12.4. The number of fused-ring (bicyclic) bond motifs is 1. The molecular formula is C13H15NO4. The van der Waals surface area contributed by atoms with Crippen LogP contribution in [0.4, 0.5) is 0 Å². The first-order valence-electron chi connectivity index (χ1n) is 5.74. The van der Waals surface area contributed by atoms with Crippen molar-refractivity contribution in [2.24, 2.45) is 0 Å². The average molecular weight is 249 g/mol. The number of hydrogen-bond donors (Lipinski definition) is 1. The van der Waals surface area contributed by atoms with Crippen molar-refractivity contribution in [3.63, 3.8) is 0 Å². The van der Waals surface area contributed by atoms with Crippen LogP contribution in [0.25, 0.3) is 11.1 Å². The molecule has 0 bridgehead atoms. The number of benzene rings is 1. The van der Waals surface area contributed by atoms with Crippen molar-refractivity contribution in [2.45, 2.75) is 32.8 Å². The largest absolute Gasteiger partial charge is 0.478 e. The molecule has 0 radical (unpaired) electrons. The number of carboxylic acid groups (broad SMARTS) is 1. The van der Waals surface area contributed by atoms with E-state index >= 15 is 0 Å². The topological polar surface area (TPSA) is 72.6 Å². The molecule has 0 aliphatic rings. The zero-order valence-corrected chi connectivity index (χ0v) is 10.6. The van der Waals surface area contributed by atoms with E-state index in [2.05, 4.69) is 4.98 Å². The summed E-state index contributed by atoms with van der Waals surface area (Å²) in [6.07, 6.45) is 0.714. The van der Waals surface area contributed by atoms with Gasteiger partial charge in [-0.1, -0.05) is 6.92 Å². The number of hydrogen-bond acceptors (Lipinski definition) is 4. The van der Waals surface area contributed by atoms with E-state index in [1.807, 2.05) is 6.92 Å². The van der Waals surface area contributed by atoms with E-state index in [-0.39, 0.29) is 0 Å². The summed E-state index contributed by atoms with van der Waals surface area (Å²) >= 11 is 0. The predicted octanol–water partition coefficient (Wildman–Crippen LogP) is 2.63. The molecule has 0 aliphatic heterocycles. The van der Waals surface area contributed by atoms with Crippen molar-refractivity contribution in [1.82, 2.24) is 4.98 Å². The molecule has 1 aromatic carbocycles. The Morgan fingerprint density at radius 2 is 2.22 bits per heavy atom. The standard InChI is InChI=1S/C13H15NO4/c1-4-11-14-9-7-8(5-6-10(9)17-11)18-13(2,3)12(15)16/h5-7H,4H2,1-3H3,(H,15,16). The van der Waals surface area contributed by atoms with E-state index in [4.69, 9.17) is 14.3 Å². The Hall–Kier alpha value is -2.04. The lowest BCUT2D eigenvalue weighted by Crippen LogP contribution is -2.37. The van der Waals surface area contributed by atoms with Gasteiger partial charge >= 0.3 is 5.97 Å². The molecule has 0 spiro atoms. The Morgan fingerprint density at radius 3 is 2.83 bits per heavy atom. The Bertz CT molecular complexity index is 586. The van der Waals surface area contributed by atoms with Crippen LogP contribution in [0.3, 0.4) is 0 Å². The molecule has 2 rings (SSSR count). The fourth-order valence-electron chi connectivity index (χ4n) is 1.51. The second-order valence-electron chi connectivity index (χ2n) is 4.51. The van der Waals surface area contributed by atoms with Crippen molar-refractivity contribution in [1.29, 1.82) is 0 Å².